The summed E-state index contributed by atoms with van der Waals surface area (Å²) in [5.74, 6) is 0.544. The smallest absolute Gasteiger partial charge is 0.203 e. The standard InChI is InChI=1S/C17H21BrN4S/c1-2-22-9-3-4-13(11-22)10-19-21-17-20-16(12-23-17)14-5-7-15(18)8-6-14/h5-8,10,12-13H,2-4,9,11H2,1H3,(H,20,21)/b19-10+. The lowest BCUT2D eigenvalue weighted by Crippen LogP contribution is -2.35. The summed E-state index contributed by atoms with van der Waals surface area (Å²) < 4.78 is 1.08. The van der Waals surface area contributed by atoms with Crippen LogP contribution in [0.15, 0.2) is 39.2 Å². The number of likely N-dealkylation sites (tertiary alicyclic amines) is 1. The Bertz CT molecular complexity index is 653. The molecule has 0 bridgehead atoms. The van der Waals surface area contributed by atoms with E-state index in [1.54, 1.807) is 11.3 Å². The average Bonchev–Trinajstić information content (AvgIpc) is 3.04. The highest BCUT2D eigenvalue weighted by atomic mass is 79.9. The fourth-order valence-electron chi connectivity index (χ4n) is 2.78. The Morgan fingerprint density at radius 1 is 1.43 bits per heavy atom. The maximum absolute atomic E-state index is 4.59. The summed E-state index contributed by atoms with van der Waals surface area (Å²) in [6, 6.07) is 8.19. The third-order valence-corrected chi connectivity index (χ3v) is 5.35. The lowest BCUT2D eigenvalue weighted by Gasteiger charge is -2.29. The number of rotatable bonds is 5. The van der Waals surface area contributed by atoms with Crippen LogP contribution in [0.2, 0.25) is 0 Å². The SMILES string of the molecule is CCN1CCCC(/C=N/Nc2nc(-c3ccc(Br)cc3)cs2)C1. The summed E-state index contributed by atoms with van der Waals surface area (Å²) in [4.78, 5) is 7.07. The number of thiazole rings is 1. The number of hydrazone groups is 1. The molecular weight excluding hydrogens is 372 g/mol. The molecule has 1 saturated heterocycles. The molecule has 122 valence electrons. The van der Waals surface area contributed by atoms with Crippen molar-refractivity contribution in [1.29, 1.82) is 0 Å². The van der Waals surface area contributed by atoms with Crippen molar-refractivity contribution in [1.82, 2.24) is 9.88 Å². The van der Waals surface area contributed by atoms with Crippen molar-refractivity contribution in [2.75, 3.05) is 25.1 Å². The van der Waals surface area contributed by atoms with Gasteiger partial charge < -0.3 is 4.90 Å². The van der Waals surface area contributed by atoms with E-state index in [-0.39, 0.29) is 0 Å². The maximum atomic E-state index is 4.59. The van der Waals surface area contributed by atoms with E-state index in [1.165, 1.54) is 19.4 Å². The van der Waals surface area contributed by atoms with Crippen molar-refractivity contribution < 1.29 is 0 Å². The minimum absolute atomic E-state index is 0.544. The zero-order chi connectivity index (χ0) is 16.1. The van der Waals surface area contributed by atoms with Gasteiger partial charge in [-0.25, -0.2) is 4.98 Å². The topological polar surface area (TPSA) is 40.5 Å². The molecule has 23 heavy (non-hydrogen) atoms. The van der Waals surface area contributed by atoms with E-state index in [9.17, 15) is 0 Å². The normalized spacial score (nSPS) is 19.3. The largest absolute Gasteiger partial charge is 0.303 e. The molecule has 3 rings (SSSR count). The summed E-state index contributed by atoms with van der Waals surface area (Å²) in [5, 5.41) is 7.29. The summed E-state index contributed by atoms with van der Waals surface area (Å²) in [5.41, 5.74) is 5.17. The number of aromatic nitrogens is 1. The molecule has 6 heteroatoms. The first-order valence-corrected chi connectivity index (χ1v) is 9.65. The van der Waals surface area contributed by atoms with Crippen LogP contribution in [-0.2, 0) is 0 Å². The van der Waals surface area contributed by atoms with Gasteiger partial charge in [0.2, 0.25) is 5.13 Å². The van der Waals surface area contributed by atoms with Crippen LogP contribution >= 0.6 is 27.3 Å². The average molecular weight is 393 g/mol. The van der Waals surface area contributed by atoms with Crippen LogP contribution < -0.4 is 5.43 Å². The lowest BCUT2D eigenvalue weighted by molar-refractivity contribution is 0.216. The van der Waals surface area contributed by atoms with Crippen molar-refractivity contribution in [3.63, 3.8) is 0 Å². The molecule has 0 aliphatic carbocycles. The van der Waals surface area contributed by atoms with E-state index in [0.717, 1.165) is 34.0 Å². The van der Waals surface area contributed by atoms with E-state index < -0.39 is 0 Å². The van der Waals surface area contributed by atoms with Crippen LogP contribution in [0.1, 0.15) is 19.8 Å². The van der Waals surface area contributed by atoms with Gasteiger partial charge in [0.1, 0.15) is 0 Å². The van der Waals surface area contributed by atoms with E-state index in [1.807, 2.05) is 18.3 Å². The van der Waals surface area contributed by atoms with Crippen LogP contribution in [0, 0.1) is 5.92 Å². The van der Waals surface area contributed by atoms with Gasteiger partial charge >= 0.3 is 0 Å². The van der Waals surface area contributed by atoms with Crippen LogP contribution in [0.3, 0.4) is 0 Å². The molecule has 1 aliphatic heterocycles. The summed E-state index contributed by atoms with van der Waals surface area (Å²) in [7, 11) is 0. The second-order valence-electron chi connectivity index (χ2n) is 5.73. The number of hydrogen-bond acceptors (Lipinski definition) is 5. The first kappa shape index (κ1) is 16.6. The van der Waals surface area contributed by atoms with Gasteiger partial charge in [-0.2, -0.15) is 5.10 Å². The zero-order valence-electron chi connectivity index (χ0n) is 13.2. The lowest BCUT2D eigenvalue weighted by atomic mass is 10.00. The highest BCUT2D eigenvalue weighted by molar-refractivity contribution is 9.10. The van der Waals surface area contributed by atoms with E-state index in [2.05, 4.69) is 60.8 Å². The minimum Gasteiger partial charge on any atom is -0.303 e. The van der Waals surface area contributed by atoms with Gasteiger partial charge in [-0.15, -0.1) is 11.3 Å². The van der Waals surface area contributed by atoms with Gasteiger partial charge in [0.15, 0.2) is 0 Å². The van der Waals surface area contributed by atoms with Crippen LogP contribution in [-0.4, -0.2) is 35.7 Å². The molecule has 0 amide bonds. The molecule has 1 aromatic heterocycles. The Hall–Kier alpha value is -1.24. The number of hydrogen-bond donors (Lipinski definition) is 1. The molecule has 1 unspecified atom stereocenters. The molecule has 1 N–H and O–H groups in total. The van der Waals surface area contributed by atoms with Crippen LogP contribution in [0.25, 0.3) is 11.3 Å². The molecule has 1 aliphatic rings. The fourth-order valence-corrected chi connectivity index (χ4v) is 3.71. The van der Waals surface area contributed by atoms with Crippen LogP contribution in [0.4, 0.5) is 5.13 Å². The molecule has 2 aromatic rings. The summed E-state index contributed by atoms with van der Waals surface area (Å²) >= 11 is 5.03. The molecule has 4 nitrogen and oxygen atoms in total. The Balaban J connectivity index is 1.56. The molecule has 2 heterocycles. The van der Waals surface area contributed by atoms with Crippen molar-refractivity contribution in [3.8, 4) is 11.3 Å². The second kappa shape index (κ2) is 8.04. The molecule has 0 saturated carbocycles. The third-order valence-electron chi connectivity index (χ3n) is 4.08. The predicted molar refractivity (Wildman–Crippen MR) is 102 cm³/mol. The number of anilines is 1. The first-order chi connectivity index (χ1) is 11.2. The third kappa shape index (κ3) is 4.62. The van der Waals surface area contributed by atoms with E-state index in [0.29, 0.717) is 5.92 Å². The first-order valence-electron chi connectivity index (χ1n) is 7.97. The Morgan fingerprint density at radius 2 is 2.26 bits per heavy atom. The van der Waals surface area contributed by atoms with E-state index in [4.69, 9.17) is 0 Å². The summed E-state index contributed by atoms with van der Waals surface area (Å²) in [6.45, 7) is 5.68. The zero-order valence-corrected chi connectivity index (χ0v) is 15.6. The molecule has 1 aromatic carbocycles. The van der Waals surface area contributed by atoms with Gasteiger partial charge in [0.25, 0.3) is 0 Å². The molecular formula is C17H21BrN4S. The highest BCUT2D eigenvalue weighted by Crippen LogP contribution is 2.26. The van der Waals surface area contributed by atoms with Crippen molar-refractivity contribution >= 4 is 38.6 Å². The molecule has 0 spiro atoms. The van der Waals surface area contributed by atoms with E-state index >= 15 is 0 Å². The number of nitrogens with zero attached hydrogens (tertiary/aromatic N) is 3. The van der Waals surface area contributed by atoms with Gasteiger partial charge in [-0.1, -0.05) is 35.0 Å². The fraction of sp³-hybridized carbons (Fsp3) is 0.412. The van der Waals surface area contributed by atoms with Gasteiger partial charge in [-0.3, -0.25) is 5.43 Å². The van der Waals surface area contributed by atoms with Gasteiger partial charge in [0.05, 0.1) is 5.69 Å². The van der Waals surface area contributed by atoms with Gasteiger partial charge in [-0.05, 0) is 38.1 Å². The second-order valence-corrected chi connectivity index (χ2v) is 7.50. The Labute approximate surface area is 149 Å². The maximum Gasteiger partial charge on any atom is 0.203 e. The Kier molecular flexibility index (Phi) is 5.80. The van der Waals surface area contributed by atoms with Crippen molar-refractivity contribution in [2.24, 2.45) is 11.0 Å². The molecule has 0 radical (unpaired) electrons. The summed E-state index contributed by atoms with van der Waals surface area (Å²) in [6.07, 6.45) is 4.53. The molecule has 1 fully saturated rings. The number of piperidine rings is 1. The predicted octanol–water partition coefficient (Wildman–Crippen LogP) is 4.70. The number of benzene rings is 1. The minimum atomic E-state index is 0.544. The van der Waals surface area contributed by atoms with Crippen LogP contribution in [0.5, 0.6) is 0 Å². The van der Waals surface area contributed by atoms with Crippen molar-refractivity contribution in [2.45, 2.75) is 19.8 Å². The highest BCUT2D eigenvalue weighted by Gasteiger charge is 2.16. The number of halogens is 1. The van der Waals surface area contributed by atoms with Gasteiger partial charge in [0, 0.05) is 34.1 Å². The molecule has 1 atom stereocenters. The quantitative estimate of drug-likeness (QED) is 0.591. The Morgan fingerprint density at radius 3 is 3.04 bits per heavy atom. The van der Waals surface area contributed by atoms with Crippen molar-refractivity contribution in [3.05, 3.63) is 34.1 Å². The monoisotopic (exact) mass is 392 g/mol. The number of nitrogens with one attached hydrogen (secondary N) is 1.